The highest BCUT2D eigenvalue weighted by Gasteiger charge is 2.34. The molecule has 1 unspecified atom stereocenters. The summed E-state index contributed by atoms with van der Waals surface area (Å²) in [5, 5.41) is 5.22. The van der Waals surface area contributed by atoms with Gasteiger partial charge in [-0.1, -0.05) is 12.1 Å². The Morgan fingerprint density at radius 2 is 1.76 bits per heavy atom. The largest absolute Gasteiger partial charge is 0.497 e. The van der Waals surface area contributed by atoms with Gasteiger partial charge in [0.1, 0.15) is 23.7 Å². The molecule has 0 saturated carbocycles. The number of rotatable bonds is 7. The molecule has 2 N–H and O–H groups in total. The van der Waals surface area contributed by atoms with Crippen molar-refractivity contribution in [2.75, 3.05) is 20.3 Å². The smallest absolute Gasteiger partial charge is 0.342 e. The van der Waals surface area contributed by atoms with Gasteiger partial charge in [-0.25, -0.2) is 19.2 Å². The number of hydrogen-bond donors (Lipinski definition) is 2. The Morgan fingerprint density at radius 1 is 1.06 bits per heavy atom. The fourth-order valence-corrected chi connectivity index (χ4v) is 3.50. The Morgan fingerprint density at radius 3 is 2.36 bits per heavy atom. The number of aryl methyl sites for hydroxylation is 2. The third kappa shape index (κ3) is 5.22. The van der Waals surface area contributed by atoms with Crippen LogP contribution in [0.4, 0.5) is 4.79 Å². The molecule has 1 atom stereocenters. The van der Waals surface area contributed by atoms with Crippen LogP contribution in [0.1, 0.15) is 40.2 Å². The highest BCUT2D eigenvalue weighted by Crippen LogP contribution is 2.29. The minimum absolute atomic E-state index is 0.0825. The van der Waals surface area contributed by atoms with Crippen molar-refractivity contribution >= 4 is 18.0 Å². The summed E-state index contributed by atoms with van der Waals surface area (Å²) >= 11 is 0. The number of benzene rings is 1. The number of hydrogen-bond acceptors (Lipinski definition) is 8. The highest BCUT2D eigenvalue weighted by atomic mass is 16.5. The van der Waals surface area contributed by atoms with Gasteiger partial charge in [-0.15, -0.1) is 0 Å². The molecular weight excluding hydrogens is 432 g/mol. The van der Waals surface area contributed by atoms with Gasteiger partial charge in [-0.3, -0.25) is 0 Å². The lowest BCUT2D eigenvalue weighted by Gasteiger charge is -2.29. The minimum atomic E-state index is -0.837. The Hall–Kier alpha value is -4.08. The molecule has 174 valence electrons. The first-order chi connectivity index (χ1) is 15.7. The van der Waals surface area contributed by atoms with Crippen LogP contribution in [0, 0.1) is 13.8 Å². The van der Waals surface area contributed by atoms with Crippen LogP contribution in [-0.4, -0.2) is 38.3 Å². The standard InChI is InChI=1S/C23H24N2O8/c1-5-31-22(28)19-16(11-32-21(27)18-12(2)10-17(26)33-13(18)3)24-23(29)25-20(19)14-6-8-15(30-4)9-7-14/h6-10,20H,5,11H2,1-4H3,(H2,24,25,29). The molecule has 0 saturated heterocycles. The zero-order chi connectivity index (χ0) is 24.1. The van der Waals surface area contributed by atoms with Crippen LogP contribution in [0.3, 0.4) is 0 Å². The molecule has 0 radical (unpaired) electrons. The number of carbonyl (C=O) groups excluding carboxylic acids is 3. The molecule has 1 aromatic heterocycles. The molecule has 2 amide bonds. The van der Waals surface area contributed by atoms with E-state index < -0.39 is 36.2 Å². The highest BCUT2D eigenvalue weighted by molar-refractivity contribution is 5.96. The molecule has 33 heavy (non-hydrogen) atoms. The van der Waals surface area contributed by atoms with Crippen molar-refractivity contribution in [3.63, 3.8) is 0 Å². The van der Waals surface area contributed by atoms with E-state index in [9.17, 15) is 19.2 Å². The van der Waals surface area contributed by atoms with Gasteiger partial charge < -0.3 is 29.3 Å². The zero-order valence-electron chi connectivity index (χ0n) is 18.6. The third-order valence-electron chi connectivity index (χ3n) is 4.98. The predicted molar refractivity (Wildman–Crippen MR) is 116 cm³/mol. The molecule has 1 aliphatic rings. The molecule has 1 aromatic carbocycles. The second kappa shape index (κ2) is 10.0. The van der Waals surface area contributed by atoms with Gasteiger partial charge in [0.15, 0.2) is 0 Å². The third-order valence-corrected chi connectivity index (χ3v) is 4.98. The van der Waals surface area contributed by atoms with Crippen LogP contribution in [0.15, 0.2) is 50.8 Å². The normalized spacial score (nSPS) is 15.4. The van der Waals surface area contributed by atoms with E-state index in [1.54, 1.807) is 38.1 Å². The Bertz CT molecular complexity index is 1140. The van der Waals surface area contributed by atoms with Crippen molar-refractivity contribution in [3.8, 4) is 5.75 Å². The molecule has 10 nitrogen and oxygen atoms in total. The summed E-state index contributed by atoms with van der Waals surface area (Å²) in [7, 11) is 1.53. The van der Waals surface area contributed by atoms with Crippen LogP contribution < -0.4 is 21.0 Å². The van der Waals surface area contributed by atoms with Crippen molar-refractivity contribution in [2.24, 2.45) is 0 Å². The van der Waals surface area contributed by atoms with E-state index in [-0.39, 0.29) is 29.2 Å². The van der Waals surface area contributed by atoms with Crippen LogP contribution in [0.2, 0.25) is 0 Å². The maximum atomic E-state index is 12.8. The second-order valence-corrected chi connectivity index (χ2v) is 7.17. The summed E-state index contributed by atoms with van der Waals surface area (Å²) in [4.78, 5) is 49.3. The van der Waals surface area contributed by atoms with Gasteiger partial charge in [0, 0.05) is 6.07 Å². The summed E-state index contributed by atoms with van der Waals surface area (Å²) < 4.78 is 20.7. The van der Waals surface area contributed by atoms with Gasteiger partial charge in [-0.2, -0.15) is 0 Å². The van der Waals surface area contributed by atoms with E-state index in [0.717, 1.165) is 0 Å². The Balaban J connectivity index is 1.96. The number of methoxy groups -OCH3 is 1. The SMILES string of the molecule is CCOC(=O)C1=C(COC(=O)c2c(C)cc(=O)oc2C)NC(=O)NC1c1ccc(OC)cc1. The number of amides is 2. The molecule has 1 aliphatic heterocycles. The molecule has 0 fully saturated rings. The Kier molecular flexibility index (Phi) is 7.17. The van der Waals surface area contributed by atoms with Gasteiger partial charge >= 0.3 is 23.6 Å². The summed E-state index contributed by atoms with van der Waals surface area (Å²) in [6, 6.07) is 6.57. The Labute approximate surface area is 189 Å². The van der Waals surface area contributed by atoms with Crippen LogP contribution in [0.5, 0.6) is 5.75 Å². The van der Waals surface area contributed by atoms with Crippen molar-refractivity contribution in [2.45, 2.75) is 26.8 Å². The van der Waals surface area contributed by atoms with E-state index in [2.05, 4.69) is 10.6 Å². The van der Waals surface area contributed by atoms with Crippen molar-refractivity contribution in [1.82, 2.24) is 10.6 Å². The van der Waals surface area contributed by atoms with E-state index >= 15 is 0 Å². The number of esters is 2. The summed E-state index contributed by atoms with van der Waals surface area (Å²) in [5.74, 6) is -0.724. The first-order valence-corrected chi connectivity index (χ1v) is 10.1. The van der Waals surface area contributed by atoms with Gasteiger partial charge in [0.05, 0.1) is 31.0 Å². The predicted octanol–water partition coefficient (Wildman–Crippen LogP) is 2.29. The molecule has 2 heterocycles. The average Bonchev–Trinajstić information content (AvgIpc) is 2.76. The molecule has 3 rings (SSSR count). The average molecular weight is 456 g/mol. The van der Waals surface area contributed by atoms with Crippen molar-refractivity contribution < 1.29 is 33.0 Å². The lowest BCUT2D eigenvalue weighted by atomic mass is 9.95. The van der Waals surface area contributed by atoms with Crippen LogP contribution in [-0.2, 0) is 14.3 Å². The number of carbonyl (C=O) groups is 3. The zero-order valence-corrected chi connectivity index (χ0v) is 18.6. The maximum absolute atomic E-state index is 12.8. The van der Waals surface area contributed by atoms with E-state index in [4.69, 9.17) is 18.6 Å². The fourth-order valence-electron chi connectivity index (χ4n) is 3.50. The van der Waals surface area contributed by atoms with E-state index in [1.807, 2.05) is 0 Å². The molecular formula is C23H24N2O8. The van der Waals surface area contributed by atoms with Crippen molar-refractivity contribution in [1.29, 1.82) is 0 Å². The summed E-state index contributed by atoms with van der Waals surface area (Å²) in [6.45, 7) is 4.41. The van der Waals surface area contributed by atoms with E-state index in [0.29, 0.717) is 16.9 Å². The van der Waals surface area contributed by atoms with E-state index in [1.165, 1.54) is 20.1 Å². The lowest BCUT2D eigenvalue weighted by Crippen LogP contribution is -2.47. The monoisotopic (exact) mass is 456 g/mol. The number of ether oxygens (including phenoxy) is 3. The first-order valence-electron chi connectivity index (χ1n) is 10.1. The molecule has 10 heteroatoms. The quantitative estimate of drug-likeness (QED) is 0.607. The van der Waals surface area contributed by atoms with Gasteiger partial charge in [-0.05, 0) is 44.0 Å². The van der Waals surface area contributed by atoms with Crippen LogP contribution >= 0.6 is 0 Å². The first kappa shape index (κ1) is 23.6. The summed E-state index contributed by atoms with van der Waals surface area (Å²) in [5.41, 5.74) is 0.691. The molecule has 0 aliphatic carbocycles. The molecule has 0 spiro atoms. The number of urea groups is 1. The number of nitrogens with one attached hydrogen (secondary N) is 2. The molecule has 0 bridgehead atoms. The van der Waals surface area contributed by atoms with Gasteiger partial charge in [0.2, 0.25) is 0 Å². The minimum Gasteiger partial charge on any atom is -0.497 e. The molecule has 2 aromatic rings. The van der Waals surface area contributed by atoms with Crippen LogP contribution in [0.25, 0.3) is 0 Å². The summed E-state index contributed by atoms with van der Waals surface area (Å²) in [6.07, 6.45) is 0. The fraction of sp³-hybridized carbons (Fsp3) is 0.304. The lowest BCUT2D eigenvalue weighted by molar-refractivity contribution is -0.139. The topological polar surface area (TPSA) is 133 Å². The van der Waals surface area contributed by atoms with Crippen molar-refractivity contribution in [3.05, 3.63) is 74.5 Å². The maximum Gasteiger partial charge on any atom is 0.342 e. The van der Waals surface area contributed by atoms with Gasteiger partial charge in [0.25, 0.3) is 0 Å². The second-order valence-electron chi connectivity index (χ2n) is 7.17.